The molecule has 0 spiro atoms. The van der Waals surface area contributed by atoms with Gasteiger partial charge in [0.15, 0.2) is 0 Å². The highest BCUT2D eigenvalue weighted by molar-refractivity contribution is 7.12. The first kappa shape index (κ1) is 10.6. The van der Waals surface area contributed by atoms with E-state index < -0.39 is 5.97 Å². The molecule has 0 saturated heterocycles. The third-order valence-corrected chi connectivity index (χ3v) is 2.68. The smallest absolute Gasteiger partial charge is 0.346 e. The predicted molar refractivity (Wildman–Crippen MR) is 58.1 cm³/mol. The van der Waals surface area contributed by atoms with E-state index in [0.29, 0.717) is 11.6 Å². The van der Waals surface area contributed by atoms with Crippen LogP contribution in [0.15, 0.2) is 23.8 Å². The molecule has 0 saturated carbocycles. The Bertz CT molecular complexity index is 524. The molecule has 82 valence electrons. The number of carboxylic acids is 1. The van der Waals surface area contributed by atoms with Gasteiger partial charge in [0.05, 0.1) is 0 Å². The van der Waals surface area contributed by atoms with Gasteiger partial charge in [0.25, 0.3) is 0 Å². The molecule has 5 nitrogen and oxygen atoms in total. The lowest BCUT2D eigenvalue weighted by molar-refractivity contribution is 0.0702. The first-order valence-electron chi connectivity index (χ1n) is 4.43. The number of thiophene rings is 1. The molecular formula is C10H8N2O3S. The molecule has 2 rings (SSSR count). The van der Waals surface area contributed by atoms with E-state index in [1.807, 2.05) is 6.92 Å². The average Bonchev–Trinajstić information content (AvgIpc) is 2.66. The lowest BCUT2D eigenvalue weighted by atomic mass is 10.4. The SMILES string of the molecule is Cc1cc(Oc2csc(C(=O)O)c2)ncn1. The topological polar surface area (TPSA) is 72.3 Å². The number of hydrogen-bond donors (Lipinski definition) is 1. The monoisotopic (exact) mass is 236 g/mol. The van der Waals surface area contributed by atoms with Gasteiger partial charge >= 0.3 is 5.97 Å². The fraction of sp³-hybridized carbons (Fsp3) is 0.100. The number of carbonyl (C=O) groups is 1. The first-order valence-corrected chi connectivity index (χ1v) is 5.31. The Balaban J connectivity index is 2.17. The molecule has 2 aromatic heterocycles. The van der Waals surface area contributed by atoms with Crippen molar-refractivity contribution < 1.29 is 14.6 Å². The van der Waals surface area contributed by atoms with E-state index in [9.17, 15) is 4.79 Å². The number of rotatable bonds is 3. The molecule has 0 aliphatic rings. The van der Waals surface area contributed by atoms with E-state index in [0.717, 1.165) is 17.0 Å². The number of aromatic nitrogens is 2. The summed E-state index contributed by atoms with van der Waals surface area (Å²) < 4.78 is 5.39. The minimum Gasteiger partial charge on any atom is -0.477 e. The Labute approximate surface area is 95.4 Å². The molecule has 2 heterocycles. The van der Waals surface area contributed by atoms with Crippen molar-refractivity contribution in [1.29, 1.82) is 0 Å². The van der Waals surface area contributed by atoms with Crippen LogP contribution in [0.5, 0.6) is 11.6 Å². The maximum absolute atomic E-state index is 10.7. The van der Waals surface area contributed by atoms with E-state index in [1.54, 1.807) is 11.4 Å². The van der Waals surface area contributed by atoms with E-state index in [4.69, 9.17) is 9.84 Å². The Kier molecular flexibility index (Phi) is 2.82. The average molecular weight is 236 g/mol. The molecule has 0 aliphatic heterocycles. The van der Waals surface area contributed by atoms with E-state index in [2.05, 4.69) is 9.97 Å². The van der Waals surface area contributed by atoms with Crippen LogP contribution in [0.1, 0.15) is 15.4 Å². The van der Waals surface area contributed by atoms with Gasteiger partial charge in [-0.15, -0.1) is 11.3 Å². The van der Waals surface area contributed by atoms with Crippen LogP contribution >= 0.6 is 11.3 Å². The quantitative estimate of drug-likeness (QED) is 0.885. The van der Waals surface area contributed by atoms with Crippen LogP contribution in [0.4, 0.5) is 0 Å². The van der Waals surface area contributed by atoms with Gasteiger partial charge in [0, 0.05) is 23.2 Å². The highest BCUT2D eigenvalue weighted by Crippen LogP contribution is 2.25. The minimum atomic E-state index is -0.960. The predicted octanol–water partition coefficient (Wildman–Crippen LogP) is 2.34. The summed E-state index contributed by atoms with van der Waals surface area (Å²) >= 11 is 1.11. The van der Waals surface area contributed by atoms with Crippen molar-refractivity contribution in [2.24, 2.45) is 0 Å². The lowest BCUT2D eigenvalue weighted by Gasteiger charge is -2.01. The van der Waals surface area contributed by atoms with Gasteiger partial charge in [0.2, 0.25) is 5.88 Å². The van der Waals surface area contributed by atoms with Crippen LogP contribution in [0.3, 0.4) is 0 Å². The Hall–Kier alpha value is -1.95. The molecule has 0 unspecified atom stereocenters. The van der Waals surface area contributed by atoms with Gasteiger partial charge < -0.3 is 9.84 Å². The van der Waals surface area contributed by atoms with Crippen LogP contribution < -0.4 is 4.74 Å². The third-order valence-electron chi connectivity index (χ3n) is 1.79. The first-order chi connectivity index (χ1) is 7.65. The van der Waals surface area contributed by atoms with Gasteiger partial charge in [-0.1, -0.05) is 0 Å². The van der Waals surface area contributed by atoms with Gasteiger partial charge in [-0.2, -0.15) is 0 Å². The van der Waals surface area contributed by atoms with Crippen molar-refractivity contribution in [2.75, 3.05) is 0 Å². The molecule has 16 heavy (non-hydrogen) atoms. The third kappa shape index (κ3) is 2.34. The number of carboxylic acid groups (broad SMARTS) is 1. The number of aryl methyl sites for hydroxylation is 1. The number of ether oxygens (including phenoxy) is 1. The lowest BCUT2D eigenvalue weighted by Crippen LogP contribution is -1.91. The molecular weight excluding hydrogens is 228 g/mol. The molecule has 0 bridgehead atoms. The summed E-state index contributed by atoms with van der Waals surface area (Å²) in [6, 6.07) is 3.14. The molecule has 0 atom stereocenters. The second-order valence-electron chi connectivity index (χ2n) is 3.05. The Morgan fingerprint density at radius 3 is 2.88 bits per heavy atom. The second-order valence-corrected chi connectivity index (χ2v) is 3.96. The highest BCUT2D eigenvalue weighted by Gasteiger charge is 2.08. The summed E-state index contributed by atoms with van der Waals surface area (Å²) in [7, 11) is 0. The summed E-state index contributed by atoms with van der Waals surface area (Å²) in [6.07, 6.45) is 1.40. The summed E-state index contributed by atoms with van der Waals surface area (Å²) in [4.78, 5) is 18.7. The van der Waals surface area contributed by atoms with Gasteiger partial charge in [0.1, 0.15) is 17.0 Å². The molecule has 6 heteroatoms. The van der Waals surface area contributed by atoms with Gasteiger partial charge in [-0.3, -0.25) is 0 Å². The van der Waals surface area contributed by atoms with Crippen LogP contribution in [-0.2, 0) is 0 Å². The summed E-state index contributed by atoms with van der Waals surface area (Å²) in [5, 5.41) is 10.4. The summed E-state index contributed by atoms with van der Waals surface area (Å²) in [5.41, 5.74) is 0.790. The molecule has 0 aliphatic carbocycles. The minimum absolute atomic E-state index is 0.237. The van der Waals surface area contributed by atoms with Crippen molar-refractivity contribution in [3.8, 4) is 11.6 Å². The maximum atomic E-state index is 10.7. The fourth-order valence-electron chi connectivity index (χ4n) is 1.09. The largest absolute Gasteiger partial charge is 0.477 e. The van der Waals surface area contributed by atoms with Crippen molar-refractivity contribution in [1.82, 2.24) is 9.97 Å². The fourth-order valence-corrected chi connectivity index (χ4v) is 1.74. The summed E-state index contributed by atoms with van der Waals surface area (Å²) in [6.45, 7) is 1.82. The molecule has 0 radical (unpaired) electrons. The molecule has 0 fully saturated rings. The number of aromatic carboxylic acids is 1. The Morgan fingerprint density at radius 2 is 2.25 bits per heavy atom. The molecule has 1 N–H and O–H groups in total. The van der Waals surface area contributed by atoms with Crippen LogP contribution in [0.25, 0.3) is 0 Å². The van der Waals surface area contributed by atoms with Crippen molar-refractivity contribution in [2.45, 2.75) is 6.92 Å². The van der Waals surface area contributed by atoms with Crippen LogP contribution in [0, 0.1) is 6.92 Å². The zero-order valence-electron chi connectivity index (χ0n) is 8.38. The zero-order valence-corrected chi connectivity index (χ0v) is 9.19. The maximum Gasteiger partial charge on any atom is 0.346 e. The van der Waals surface area contributed by atoms with E-state index in [-0.39, 0.29) is 4.88 Å². The number of nitrogens with zero attached hydrogens (tertiary/aromatic N) is 2. The van der Waals surface area contributed by atoms with Crippen molar-refractivity contribution in [3.05, 3.63) is 34.4 Å². The summed E-state index contributed by atoms with van der Waals surface area (Å²) in [5.74, 6) is -0.0820. The molecule has 2 aromatic rings. The van der Waals surface area contributed by atoms with Crippen molar-refractivity contribution in [3.63, 3.8) is 0 Å². The second kappa shape index (κ2) is 4.28. The molecule has 0 aromatic carbocycles. The van der Waals surface area contributed by atoms with E-state index >= 15 is 0 Å². The zero-order chi connectivity index (χ0) is 11.5. The normalized spacial score (nSPS) is 10.1. The van der Waals surface area contributed by atoms with Crippen LogP contribution in [-0.4, -0.2) is 21.0 Å². The Morgan fingerprint density at radius 1 is 1.44 bits per heavy atom. The van der Waals surface area contributed by atoms with Crippen molar-refractivity contribution >= 4 is 17.3 Å². The van der Waals surface area contributed by atoms with Gasteiger partial charge in [-0.05, 0) is 6.92 Å². The van der Waals surface area contributed by atoms with Crippen LogP contribution in [0.2, 0.25) is 0 Å². The van der Waals surface area contributed by atoms with E-state index in [1.165, 1.54) is 12.4 Å². The standard InChI is InChI=1S/C10H8N2O3S/c1-6-2-9(12-5-11-6)15-7-3-8(10(13)14)16-4-7/h2-5H,1H3,(H,13,14). The highest BCUT2D eigenvalue weighted by atomic mass is 32.1. The molecule has 0 amide bonds. The van der Waals surface area contributed by atoms with Gasteiger partial charge in [-0.25, -0.2) is 14.8 Å². The number of hydrogen-bond acceptors (Lipinski definition) is 5.